The Hall–Kier alpha value is -1.82. The van der Waals surface area contributed by atoms with E-state index in [0.29, 0.717) is 28.9 Å². The molecule has 0 N–H and O–H groups in total. The smallest absolute Gasteiger partial charge is 0.233 e. The van der Waals surface area contributed by atoms with Crippen LogP contribution in [0.4, 0.5) is 0 Å². The first-order chi connectivity index (χ1) is 12.6. The van der Waals surface area contributed by atoms with Crippen molar-refractivity contribution in [3.05, 3.63) is 36.2 Å². The lowest BCUT2D eigenvalue weighted by Gasteiger charge is -2.39. The van der Waals surface area contributed by atoms with Crippen LogP contribution in [-0.2, 0) is 4.79 Å². The van der Waals surface area contributed by atoms with Crippen molar-refractivity contribution in [2.45, 2.75) is 69.1 Å². The third-order valence-corrected chi connectivity index (χ3v) is 6.18. The Morgan fingerprint density at radius 2 is 1.81 bits per heavy atom. The van der Waals surface area contributed by atoms with Gasteiger partial charge in [0.2, 0.25) is 11.1 Å². The molecule has 1 aliphatic heterocycles. The molecule has 4 rings (SSSR count). The van der Waals surface area contributed by atoms with Crippen LogP contribution in [0.3, 0.4) is 0 Å². The van der Waals surface area contributed by atoms with E-state index in [2.05, 4.69) is 30.9 Å². The summed E-state index contributed by atoms with van der Waals surface area (Å²) in [4.78, 5) is 19.6. The molecule has 1 aromatic carbocycles. The zero-order valence-electron chi connectivity index (χ0n) is 15.5. The third-order valence-electron chi connectivity index (χ3n) is 5.36. The highest BCUT2D eigenvalue weighted by Crippen LogP contribution is 2.40. The molecule has 1 amide bonds. The molecule has 2 heterocycles. The van der Waals surface area contributed by atoms with E-state index in [4.69, 9.17) is 10.1 Å². The number of carbonyl (C=O) groups excluding carboxylic acids is 1. The van der Waals surface area contributed by atoms with E-state index in [-0.39, 0.29) is 5.91 Å². The summed E-state index contributed by atoms with van der Waals surface area (Å²) in [7, 11) is 0. The number of benzene rings is 1. The van der Waals surface area contributed by atoms with Crippen LogP contribution in [0.5, 0.6) is 0 Å². The molecule has 1 aromatic heterocycles. The Morgan fingerprint density at radius 1 is 1.12 bits per heavy atom. The summed E-state index contributed by atoms with van der Waals surface area (Å²) in [6.07, 6.45) is 5.78. The van der Waals surface area contributed by atoms with Crippen molar-refractivity contribution < 1.29 is 4.79 Å². The van der Waals surface area contributed by atoms with Gasteiger partial charge >= 0.3 is 0 Å². The summed E-state index contributed by atoms with van der Waals surface area (Å²) in [5.74, 6) is 2.16. The molecule has 0 bridgehead atoms. The van der Waals surface area contributed by atoms with Crippen molar-refractivity contribution in [1.82, 2.24) is 19.7 Å². The van der Waals surface area contributed by atoms with E-state index in [1.54, 1.807) is 0 Å². The van der Waals surface area contributed by atoms with Gasteiger partial charge in [-0.1, -0.05) is 30.0 Å². The first-order valence-electron chi connectivity index (χ1n) is 9.60. The number of para-hydroxylation sites is 1. The van der Waals surface area contributed by atoms with E-state index in [9.17, 15) is 4.79 Å². The molecule has 1 saturated heterocycles. The topological polar surface area (TPSA) is 51.0 Å². The number of aromatic nitrogens is 3. The molecule has 2 fully saturated rings. The summed E-state index contributed by atoms with van der Waals surface area (Å²) in [6, 6.07) is 10.8. The van der Waals surface area contributed by atoms with Gasteiger partial charge in [0.15, 0.2) is 0 Å². The SMILES string of the molecule is C[C@@H]1CCC[C@@H](C)N1C(=O)CSc1nc(C2CC2)n(-c2ccccc2)n1. The molecular weight excluding hydrogens is 344 g/mol. The van der Waals surface area contributed by atoms with Gasteiger partial charge in [0.1, 0.15) is 5.82 Å². The lowest BCUT2D eigenvalue weighted by atomic mass is 9.98. The minimum atomic E-state index is 0.207. The largest absolute Gasteiger partial charge is 0.337 e. The molecule has 2 atom stereocenters. The predicted molar refractivity (Wildman–Crippen MR) is 104 cm³/mol. The van der Waals surface area contributed by atoms with Crippen LogP contribution in [0.25, 0.3) is 5.69 Å². The van der Waals surface area contributed by atoms with E-state index < -0.39 is 0 Å². The van der Waals surface area contributed by atoms with E-state index in [0.717, 1.165) is 24.4 Å². The monoisotopic (exact) mass is 370 g/mol. The molecule has 5 nitrogen and oxygen atoms in total. The second kappa shape index (κ2) is 7.43. The zero-order chi connectivity index (χ0) is 18.1. The molecular formula is C20H26N4OS. The molecule has 2 aromatic rings. The van der Waals surface area contributed by atoms with Gasteiger partial charge in [0.25, 0.3) is 0 Å². The maximum Gasteiger partial charge on any atom is 0.233 e. The fraction of sp³-hybridized carbons (Fsp3) is 0.550. The maximum atomic E-state index is 12.7. The van der Waals surface area contributed by atoms with Gasteiger partial charge in [-0.25, -0.2) is 9.67 Å². The lowest BCUT2D eigenvalue weighted by molar-refractivity contribution is -0.134. The zero-order valence-corrected chi connectivity index (χ0v) is 16.3. The second-order valence-corrected chi connectivity index (χ2v) is 8.44. The van der Waals surface area contributed by atoms with Crippen LogP contribution in [-0.4, -0.2) is 43.4 Å². The fourth-order valence-corrected chi connectivity index (χ4v) is 4.54. The summed E-state index contributed by atoms with van der Waals surface area (Å²) >= 11 is 1.47. The number of carbonyl (C=O) groups is 1. The number of thioether (sulfide) groups is 1. The van der Waals surface area contributed by atoms with Gasteiger partial charge in [-0.3, -0.25) is 4.79 Å². The van der Waals surface area contributed by atoms with Crippen LogP contribution in [0, 0.1) is 0 Å². The number of nitrogens with zero attached hydrogens (tertiary/aromatic N) is 4. The van der Waals surface area contributed by atoms with Crippen molar-refractivity contribution in [3.8, 4) is 5.69 Å². The van der Waals surface area contributed by atoms with Crippen molar-refractivity contribution in [2.75, 3.05) is 5.75 Å². The van der Waals surface area contributed by atoms with Crippen molar-refractivity contribution >= 4 is 17.7 Å². The predicted octanol–water partition coefficient (Wildman–Crippen LogP) is 4.03. The van der Waals surface area contributed by atoms with Gasteiger partial charge in [-0.15, -0.1) is 5.10 Å². The number of rotatable bonds is 5. The van der Waals surface area contributed by atoms with Crippen LogP contribution in [0.15, 0.2) is 35.5 Å². The van der Waals surface area contributed by atoms with Crippen LogP contribution in [0.2, 0.25) is 0 Å². The van der Waals surface area contributed by atoms with Gasteiger partial charge < -0.3 is 4.90 Å². The van der Waals surface area contributed by atoms with Gasteiger partial charge in [-0.05, 0) is 58.1 Å². The summed E-state index contributed by atoms with van der Waals surface area (Å²) < 4.78 is 1.95. The third kappa shape index (κ3) is 3.65. The highest BCUT2D eigenvalue weighted by molar-refractivity contribution is 7.99. The van der Waals surface area contributed by atoms with E-state index in [1.807, 2.05) is 22.9 Å². The normalized spacial score (nSPS) is 23.2. The molecule has 138 valence electrons. The quantitative estimate of drug-likeness (QED) is 0.746. The van der Waals surface area contributed by atoms with Crippen molar-refractivity contribution in [2.24, 2.45) is 0 Å². The van der Waals surface area contributed by atoms with Crippen LogP contribution in [0.1, 0.15) is 57.7 Å². The molecule has 1 aliphatic carbocycles. The first kappa shape index (κ1) is 17.6. The summed E-state index contributed by atoms with van der Waals surface area (Å²) in [5, 5.41) is 5.40. The summed E-state index contributed by atoms with van der Waals surface area (Å²) in [5.41, 5.74) is 1.04. The molecule has 26 heavy (non-hydrogen) atoms. The molecule has 0 unspecified atom stereocenters. The van der Waals surface area contributed by atoms with Gasteiger partial charge in [0, 0.05) is 18.0 Å². The molecule has 1 saturated carbocycles. The molecule has 2 aliphatic rings. The Labute approximate surface area is 159 Å². The first-order valence-corrected chi connectivity index (χ1v) is 10.6. The maximum absolute atomic E-state index is 12.7. The Kier molecular flexibility index (Phi) is 5.02. The average Bonchev–Trinajstić information content (AvgIpc) is 3.40. The van der Waals surface area contributed by atoms with Gasteiger partial charge in [0.05, 0.1) is 11.4 Å². The van der Waals surface area contributed by atoms with Crippen LogP contribution < -0.4 is 0 Å². The van der Waals surface area contributed by atoms with Gasteiger partial charge in [-0.2, -0.15) is 0 Å². The highest BCUT2D eigenvalue weighted by atomic mass is 32.2. The number of likely N-dealkylation sites (tertiary alicyclic amines) is 1. The summed E-state index contributed by atoms with van der Waals surface area (Å²) in [6.45, 7) is 4.32. The average molecular weight is 371 g/mol. The minimum Gasteiger partial charge on any atom is -0.337 e. The molecule has 0 radical (unpaired) electrons. The van der Waals surface area contributed by atoms with Crippen LogP contribution >= 0.6 is 11.8 Å². The number of amides is 1. The number of piperidine rings is 1. The van der Waals surface area contributed by atoms with Crippen molar-refractivity contribution in [1.29, 1.82) is 0 Å². The standard InChI is InChI=1S/C20H26N4OS/c1-14-7-6-8-15(2)23(14)18(25)13-26-20-21-19(16-11-12-16)24(22-20)17-9-4-3-5-10-17/h3-5,9-10,14-16H,6-8,11-13H2,1-2H3/t14-,15-/m1/s1. The number of hydrogen-bond donors (Lipinski definition) is 0. The Morgan fingerprint density at radius 3 is 2.46 bits per heavy atom. The highest BCUT2D eigenvalue weighted by Gasteiger charge is 2.32. The van der Waals surface area contributed by atoms with Crippen molar-refractivity contribution in [3.63, 3.8) is 0 Å². The van der Waals surface area contributed by atoms with E-state index in [1.165, 1.54) is 31.0 Å². The minimum absolute atomic E-state index is 0.207. The van der Waals surface area contributed by atoms with E-state index >= 15 is 0 Å². The Bertz CT molecular complexity index is 761. The lowest BCUT2D eigenvalue weighted by Crippen LogP contribution is -2.48. The second-order valence-electron chi connectivity index (χ2n) is 7.49. The molecule has 6 heteroatoms. The number of hydrogen-bond acceptors (Lipinski definition) is 4. The fourth-order valence-electron chi connectivity index (χ4n) is 3.84. The Balaban J connectivity index is 1.48. The molecule has 0 spiro atoms.